The first-order chi connectivity index (χ1) is 27.3. The maximum atomic E-state index is 14.7. The summed E-state index contributed by atoms with van der Waals surface area (Å²) in [6, 6.07) is 14.4. The van der Waals surface area contributed by atoms with E-state index in [1.165, 1.54) is 35.6 Å². The maximum Gasteiger partial charge on any atom is 0.227 e. The third-order valence-electron chi connectivity index (χ3n) is 10.7. The van der Waals surface area contributed by atoms with E-state index in [4.69, 9.17) is 16.7 Å². The number of ketones is 3. The number of nitrogens with one attached hydrogen (secondary N) is 1. The fraction of sp³-hybridized carbons (Fsp3) is 0.467. The summed E-state index contributed by atoms with van der Waals surface area (Å²) in [5, 5.41) is 34.0. The monoisotopic (exact) mass is 779 g/mol. The molecule has 0 fully saturated rings. The lowest BCUT2D eigenvalue weighted by molar-refractivity contribution is -0.144. The number of carbonyl (C=O) groups excluding carboxylic acids is 5. The van der Waals surface area contributed by atoms with Crippen molar-refractivity contribution >= 4 is 29.2 Å². The van der Waals surface area contributed by atoms with Gasteiger partial charge in [-0.3, -0.25) is 24.0 Å². The van der Waals surface area contributed by atoms with Gasteiger partial charge in [-0.15, -0.1) is 0 Å². The summed E-state index contributed by atoms with van der Waals surface area (Å²) < 4.78 is 0. The largest absolute Gasteiger partial charge is 0.507 e. The summed E-state index contributed by atoms with van der Waals surface area (Å²) in [5.74, 6) is -4.43. The molecule has 12 heteroatoms. The van der Waals surface area contributed by atoms with Crippen LogP contribution in [0.3, 0.4) is 0 Å². The highest BCUT2D eigenvalue weighted by atomic mass is 16.3. The number of phenols is 2. The summed E-state index contributed by atoms with van der Waals surface area (Å²) in [5.41, 5.74) is 15.8. The molecule has 7 N–H and O–H groups in total. The molecule has 57 heavy (non-hydrogen) atoms. The smallest absolute Gasteiger partial charge is 0.227 e. The van der Waals surface area contributed by atoms with Gasteiger partial charge in [0, 0.05) is 67.3 Å². The average molecular weight is 780 g/mol. The summed E-state index contributed by atoms with van der Waals surface area (Å²) >= 11 is 0. The minimum Gasteiger partial charge on any atom is -0.507 e. The van der Waals surface area contributed by atoms with Gasteiger partial charge in [0.05, 0.1) is 12.1 Å². The van der Waals surface area contributed by atoms with Gasteiger partial charge < -0.3 is 31.9 Å². The second-order valence-corrected chi connectivity index (χ2v) is 15.2. The maximum absolute atomic E-state index is 14.7. The first-order valence-electron chi connectivity index (χ1n) is 20.0. The highest BCUT2D eigenvalue weighted by Crippen LogP contribution is 2.40. The average Bonchev–Trinajstić information content (AvgIpc) is 3.18. The molecular weight excluding hydrogens is 723 g/mol. The van der Waals surface area contributed by atoms with Gasteiger partial charge in [0.15, 0.2) is 17.3 Å². The molecular formula is C45H57N5O7. The van der Waals surface area contributed by atoms with Crippen LogP contribution in [0.2, 0.25) is 0 Å². The van der Waals surface area contributed by atoms with Gasteiger partial charge in [0.1, 0.15) is 17.5 Å². The standard InChI is InChI=1S/C45H57N5O7/c1-4-5-6-7-9-30-11-14-34(28(2)22-30)41(54)27-33(17-19-47)45(57)50(21-20-48)43-32-13-16-39(52)36(26-32)35-24-31(12-15-38(35)51)25-37(40(53)10-8-18-46)49-44(56)29(3)23-42(43)55/h11-16,22,24,26,29,33,37,43,51-52H,4-10,17,19-21,23,25,27,47-48H2,1-3H3,(H,49,56)/t29-,33-,37+,43+/m1/s1. The van der Waals surface area contributed by atoms with Crippen LogP contribution in [-0.4, -0.2) is 70.0 Å². The number of rotatable bonds is 17. The summed E-state index contributed by atoms with van der Waals surface area (Å²) in [4.78, 5) is 71.3. The molecule has 4 atom stereocenters. The summed E-state index contributed by atoms with van der Waals surface area (Å²) in [7, 11) is 0. The van der Waals surface area contributed by atoms with Crippen LogP contribution in [0.15, 0.2) is 54.6 Å². The predicted octanol–water partition coefficient (Wildman–Crippen LogP) is 5.77. The lowest BCUT2D eigenvalue weighted by atomic mass is 9.87. The van der Waals surface area contributed by atoms with Crippen molar-refractivity contribution in [3.8, 4) is 28.7 Å². The normalized spacial score (nSPS) is 17.5. The number of nitrogens with zero attached hydrogens (tertiary/aromatic N) is 2. The van der Waals surface area contributed by atoms with Crippen molar-refractivity contribution in [3.05, 3.63) is 82.4 Å². The molecule has 0 spiro atoms. The molecule has 1 aliphatic rings. The minimum atomic E-state index is -1.30. The number of aryl methyl sites for hydroxylation is 2. The fourth-order valence-electron chi connectivity index (χ4n) is 7.60. The van der Waals surface area contributed by atoms with E-state index in [1.54, 1.807) is 19.1 Å². The quantitative estimate of drug-likeness (QED) is 0.0823. The highest BCUT2D eigenvalue weighted by molar-refractivity contribution is 6.01. The number of Topliss-reactive ketones (excluding diaryl/α,β-unsaturated/α-hetero) is 3. The number of phenolic OH excluding ortho intramolecular Hbond substituents is 2. The number of hydrogen-bond donors (Lipinski definition) is 5. The lowest BCUT2D eigenvalue weighted by Crippen LogP contribution is -2.47. The van der Waals surface area contributed by atoms with E-state index in [-0.39, 0.29) is 92.4 Å². The molecule has 0 saturated heterocycles. The number of unbranched alkanes of at least 4 members (excludes halogenated alkanes) is 3. The lowest BCUT2D eigenvalue weighted by Gasteiger charge is -2.34. The highest BCUT2D eigenvalue weighted by Gasteiger charge is 2.37. The molecule has 3 aromatic rings. The zero-order valence-corrected chi connectivity index (χ0v) is 33.4. The first-order valence-corrected chi connectivity index (χ1v) is 20.0. The first kappa shape index (κ1) is 44.3. The van der Waals surface area contributed by atoms with Gasteiger partial charge in [-0.2, -0.15) is 5.26 Å². The number of aromatic hydroxyl groups is 2. The van der Waals surface area contributed by atoms with Crippen molar-refractivity contribution in [1.29, 1.82) is 5.26 Å². The summed E-state index contributed by atoms with van der Waals surface area (Å²) in [6.07, 6.45) is 5.00. The Morgan fingerprint density at radius 3 is 2.33 bits per heavy atom. The van der Waals surface area contributed by atoms with Gasteiger partial charge in [0.25, 0.3) is 0 Å². The Kier molecular flexibility index (Phi) is 16.5. The Bertz CT molecular complexity index is 1970. The van der Waals surface area contributed by atoms with E-state index in [0.717, 1.165) is 36.8 Å². The van der Waals surface area contributed by atoms with Gasteiger partial charge >= 0.3 is 0 Å². The summed E-state index contributed by atoms with van der Waals surface area (Å²) in [6.45, 7) is 5.59. The van der Waals surface area contributed by atoms with Crippen LogP contribution < -0.4 is 16.8 Å². The number of nitriles is 1. The fourth-order valence-corrected chi connectivity index (χ4v) is 7.60. The van der Waals surface area contributed by atoms with Crippen molar-refractivity contribution < 1.29 is 34.2 Å². The molecule has 0 aliphatic carbocycles. The van der Waals surface area contributed by atoms with Gasteiger partial charge in [-0.1, -0.05) is 63.4 Å². The van der Waals surface area contributed by atoms with E-state index in [1.807, 2.05) is 31.2 Å². The number of fused-ring (bicyclic) bond motifs is 5. The van der Waals surface area contributed by atoms with Crippen molar-refractivity contribution in [3.63, 3.8) is 0 Å². The van der Waals surface area contributed by atoms with Gasteiger partial charge in [-0.05, 0) is 85.7 Å². The van der Waals surface area contributed by atoms with E-state index >= 15 is 0 Å². The van der Waals surface area contributed by atoms with Crippen LogP contribution in [0.1, 0.15) is 110 Å². The molecule has 1 aliphatic heterocycles. The second kappa shape index (κ2) is 21.2. The van der Waals surface area contributed by atoms with E-state index < -0.39 is 41.5 Å². The Balaban J connectivity index is 1.76. The molecule has 1 heterocycles. The number of nitrogens with two attached hydrogens (primary N) is 2. The molecule has 12 nitrogen and oxygen atoms in total. The Morgan fingerprint density at radius 1 is 0.947 bits per heavy atom. The molecule has 4 rings (SSSR count). The molecule has 2 amide bonds. The second-order valence-electron chi connectivity index (χ2n) is 15.2. The Hall–Kier alpha value is -5.38. The molecule has 0 saturated carbocycles. The van der Waals surface area contributed by atoms with E-state index in [0.29, 0.717) is 16.7 Å². The number of benzene rings is 3. The predicted molar refractivity (Wildman–Crippen MR) is 218 cm³/mol. The topological polar surface area (TPSA) is 217 Å². The van der Waals surface area contributed by atoms with Crippen LogP contribution in [0, 0.1) is 30.1 Å². The zero-order valence-electron chi connectivity index (χ0n) is 33.4. The minimum absolute atomic E-state index is 0.0338. The zero-order chi connectivity index (χ0) is 41.6. The molecule has 0 aromatic heterocycles. The number of amides is 2. The van der Waals surface area contributed by atoms with Crippen molar-refractivity contribution in [1.82, 2.24) is 10.2 Å². The van der Waals surface area contributed by atoms with E-state index in [9.17, 15) is 34.2 Å². The molecule has 3 aromatic carbocycles. The molecule has 4 bridgehead atoms. The van der Waals surface area contributed by atoms with Crippen molar-refractivity contribution in [2.75, 3.05) is 19.6 Å². The van der Waals surface area contributed by atoms with Crippen molar-refractivity contribution in [2.45, 2.75) is 103 Å². The third kappa shape index (κ3) is 11.6. The van der Waals surface area contributed by atoms with Crippen LogP contribution >= 0.6 is 0 Å². The van der Waals surface area contributed by atoms with Crippen LogP contribution in [0.5, 0.6) is 11.5 Å². The van der Waals surface area contributed by atoms with Crippen molar-refractivity contribution in [2.24, 2.45) is 23.3 Å². The van der Waals surface area contributed by atoms with Crippen LogP contribution in [-0.2, 0) is 32.0 Å². The van der Waals surface area contributed by atoms with Crippen LogP contribution in [0.25, 0.3) is 11.1 Å². The Labute approximate surface area is 335 Å². The number of hydrogen-bond acceptors (Lipinski definition) is 10. The van der Waals surface area contributed by atoms with E-state index in [2.05, 4.69) is 12.2 Å². The Morgan fingerprint density at radius 2 is 1.67 bits per heavy atom. The molecule has 0 unspecified atom stereocenters. The van der Waals surface area contributed by atoms with Crippen LogP contribution in [0.4, 0.5) is 0 Å². The number of carbonyl (C=O) groups is 5. The SMILES string of the molecule is CCCCCCc1ccc(C(=O)C[C@@H](CCN)C(=O)N(CCN)[C@@H]2C(=O)C[C@@H](C)C(=O)N[C@H](C(=O)CCC#N)Cc3ccc(O)c(c3)-c3cc2ccc3O)c(C)c1. The van der Waals surface area contributed by atoms with Gasteiger partial charge in [-0.25, -0.2) is 0 Å². The van der Waals surface area contributed by atoms with Gasteiger partial charge in [0.2, 0.25) is 11.8 Å². The third-order valence-corrected chi connectivity index (χ3v) is 10.7. The molecule has 0 radical (unpaired) electrons. The molecule has 304 valence electrons.